The molecule has 1 aromatic rings. The highest BCUT2D eigenvalue weighted by Gasteiger charge is 2.19. The van der Waals surface area contributed by atoms with E-state index in [4.69, 9.17) is 4.98 Å². The van der Waals surface area contributed by atoms with Crippen LogP contribution >= 0.6 is 11.3 Å². The van der Waals surface area contributed by atoms with Crippen molar-refractivity contribution in [2.75, 3.05) is 18.5 Å². The summed E-state index contributed by atoms with van der Waals surface area (Å²) in [5.41, 5.74) is 1.28. The minimum absolute atomic E-state index is 0.521. The lowest BCUT2D eigenvalue weighted by Crippen LogP contribution is -2.33. The minimum Gasteiger partial charge on any atom is -0.348 e. The van der Waals surface area contributed by atoms with Crippen LogP contribution in [0.15, 0.2) is 0 Å². The number of nitrogens with zero attached hydrogens (tertiary/aromatic N) is 2. The zero-order chi connectivity index (χ0) is 14.4. The van der Waals surface area contributed by atoms with Crippen molar-refractivity contribution in [2.24, 2.45) is 5.92 Å². The highest BCUT2D eigenvalue weighted by atomic mass is 32.1. The van der Waals surface area contributed by atoms with Gasteiger partial charge in [-0.25, -0.2) is 4.98 Å². The second-order valence-electron chi connectivity index (χ2n) is 5.49. The lowest BCUT2D eigenvalue weighted by Gasteiger charge is -2.27. The van der Waals surface area contributed by atoms with Crippen molar-refractivity contribution in [3.63, 3.8) is 0 Å². The Hall–Kier alpha value is -0.610. The summed E-state index contributed by atoms with van der Waals surface area (Å²) in [6, 6.07) is 0.521. The van der Waals surface area contributed by atoms with Gasteiger partial charge in [0.2, 0.25) is 0 Å². The van der Waals surface area contributed by atoms with Crippen molar-refractivity contribution < 1.29 is 0 Å². The van der Waals surface area contributed by atoms with Crippen LogP contribution < -0.4 is 10.2 Å². The maximum Gasteiger partial charge on any atom is 0.185 e. The Labute approximate surface area is 122 Å². The van der Waals surface area contributed by atoms with Gasteiger partial charge in [0, 0.05) is 24.5 Å². The van der Waals surface area contributed by atoms with Crippen LogP contribution in [0.3, 0.4) is 0 Å². The smallest absolute Gasteiger partial charge is 0.185 e. The predicted octanol–water partition coefficient (Wildman–Crippen LogP) is 3.69. The van der Waals surface area contributed by atoms with Crippen molar-refractivity contribution in [1.29, 1.82) is 0 Å². The van der Waals surface area contributed by atoms with Crippen LogP contribution in [0.1, 0.15) is 51.6 Å². The number of rotatable bonds is 8. The zero-order valence-electron chi connectivity index (χ0n) is 13.3. The summed E-state index contributed by atoms with van der Waals surface area (Å²) in [6.45, 7) is 13.1. The maximum absolute atomic E-state index is 4.86. The van der Waals surface area contributed by atoms with E-state index in [9.17, 15) is 0 Å². The molecule has 1 heterocycles. The number of hydrogen-bond donors (Lipinski definition) is 1. The predicted molar refractivity (Wildman–Crippen MR) is 86.2 cm³/mol. The highest BCUT2D eigenvalue weighted by Crippen LogP contribution is 2.29. The summed E-state index contributed by atoms with van der Waals surface area (Å²) in [6.07, 6.45) is 2.24. The van der Waals surface area contributed by atoms with Crippen LogP contribution in [-0.2, 0) is 13.0 Å². The van der Waals surface area contributed by atoms with Crippen molar-refractivity contribution >= 4 is 16.5 Å². The fourth-order valence-electron chi connectivity index (χ4n) is 1.95. The van der Waals surface area contributed by atoms with Gasteiger partial charge in [0.25, 0.3) is 0 Å². The Kier molecular flexibility index (Phi) is 6.80. The quantitative estimate of drug-likeness (QED) is 0.789. The summed E-state index contributed by atoms with van der Waals surface area (Å²) < 4.78 is 0. The minimum atomic E-state index is 0.521. The summed E-state index contributed by atoms with van der Waals surface area (Å²) in [5.74, 6) is 0.640. The molecule has 0 saturated heterocycles. The molecule has 19 heavy (non-hydrogen) atoms. The normalized spacial score (nSPS) is 13.0. The molecule has 0 amide bonds. The van der Waals surface area contributed by atoms with Gasteiger partial charge in [0.1, 0.15) is 0 Å². The Bertz CT molecular complexity index is 373. The van der Waals surface area contributed by atoms with Gasteiger partial charge in [-0.3, -0.25) is 0 Å². The number of aryl methyl sites for hydroxylation is 1. The van der Waals surface area contributed by atoms with Gasteiger partial charge < -0.3 is 10.2 Å². The third-order valence-electron chi connectivity index (χ3n) is 3.67. The standard InChI is InChI=1S/C15H29N3S/c1-7-9-13-14(10-16-8-2)19-15(17-13)18(6)12(5)11(3)4/h11-12,16H,7-10H2,1-6H3. The molecule has 1 rings (SSSR count). The molecule has 110 valence electrons. The first-order valence-corrected chi connectivity index (χ1v) is 8.24. The van der Waals surface area contributed by atoms with E-state index in [0.717, 1.165) is 31.1 Å². The Morgan fingerprint density at radius 2 is 1.95 bits per heavy atom. The maximum atomic E-state index is 4.86. The average Bonchev–Trinajstić information content (AvgIpc) is 2.78. The monoisotopic (exact) mass is 283 g/mol. The van der Waals surface area contributed by atoms with Crippen molar-refractivity contribution in [1.82, 2.24) is 10.3 Å². The van der Waals surface area contributed by atoms with Gasteiger partial charge in [-0.1, -0.05) is 34.1 Å². The molecule has 1 atom stereocenters. The van der Waals surface area contributed by atoms with Gasteiger partial charge in [-0.2, -0.15) is 0 Å². The van der Waals surface area contributed by atoms with E-state index in [1.807, 2.05) is 11.3 Å². The van der Waals surface area contributed by atoms with E-state index >= 15 is 0 Å². The first kappa shape index (κ1) is 16.4. The van der Waals surface area contributed by atoms with Gasteiger partial charge in [0.05, 0.1) is 5.69 Å². The molecule has 0 radical (unpaired) electrons. The lowest BCUT2D eigenvalue weighted by molar-refractivity contribution is 0.505. The number of aromatic nitrogens is 1. The molecule has 0 aliphatic rings. The summed E-state index contributed by atoms with van der Waals surface area (Å²) >= 11 is 1.85. The van der Waals surface area contributed by atoms with Crippen LogP contribution in [0.4, 0.5) is 5.13 Å². The summed E-state index contributed by atoms with van der Waals surface area (Å²) in [4.78, 5) is 8.59. The van der Waals surface area contributed by atoms with E-state index in [0.29, 0.717) is 12.0 Å². The molecule has 0 saturated carbocycles. The highest BCUT2D eigenvalue weighted by molar-refractivity contribution is 7.15. The lowest BCUT2D eigenvalue weighted by atomic mass is 10.1. The number of anilines is 1. The van der Waals surface area contributed by atoms with Crippen molar-refractivity contribution in [3.05, 3.63) is 10.6 Å². The molecule has 0 bridgehead atoms. The number of nitrogens with one attached hydrogen (secondary N) is 1. The van der Waals surface area contributed by atoms with E-state index in [2.05, 4.69) is 51.9 Å². The fourth-order valence-corrected chi connectivity index (χ4v) is 3.08. The second kappa shape index (κ2) is 7.85. The van der Waals surface area contributed by atoms with Crippen molar-refractivity contribution in [3.8, 4) is 0 Å². The molecule has 1 N–H and O–H groups in total. The SMILES string of the molecule is CCCc1nc(N(C)C(C)C(C)C)sc1CNCC. The Balaban J connectivity index is 2.89. The second-order valence-corrected chi connectivity index (χ2v) is 6.55. The molecular weight excluding hydrogens is 254 g/mol. The number of thiazole rings is 1. The molecule has 0 fully saturated rings. The molecule has 4 heteroatoms. The Morgan fingerprint density at radius 1 is 1.26 bits per heavy atom. The molecule has 1 unspecified atom stereocenters. The molecular formula is C15H29N3S. The van der Waals surface area contributed by atoms with E-state index in [1.165, 1.54) is 10.6 Å². The number of hydrogen-bond acceptors (Lipinski definition) is 4. The molecule has 0 aliphatic heterocycles. The molecule has 0 aromatic carbocycles. The van der Waals surface area contributed by atoms with Crippen LogP contribution in [0.5, 0.6) is 0 Å². The van der Waals surface area contributed by atoms with Crippen LogP contribution in [0, 0.1) is 5.92 Å². The summed E-state index contributed by atoms with van der Waals surface area (Å²) in [5, 5.41) is 4.58. The van der Waals surface area contributed by atoms with Crippen molar-refractivity contribution in [2.45, 2.75) is 60.0 Å². The van der Waals surface area contributed by atoms with E-state index in [1.54, 1.807) is 0 Å². The van der Waals surface area contributed by atoms with Gasteiger partial charge in [-0.15, -0.1) is 11.3 Å². The molecule has 0 spiro atoms. The van der Waals surface area contributed by atoms with E-state index in [-0.39, 0.29) is 0 Å². The third-order valence-corrected chi connectivity index (χ3v) is 4.85. The topological polar surface area (TPSA) is 28.2 Å². The van der Waals surface area contributed by atoms with Gasteiger partial charge in [0.15, 0.2) is 5.13 Å². The Morgan fingerprint density at radius 3 is 2.47 bits per heavy atom. The third kappa shape index (κ3) is 4.46. The summed E-state index contributed by atoms with van der Waals surface area (Å²) in [7, 11) is 2.16. The average molecular weight is 283 g/mol. The first-order chi connectivity index (χ1) is 9.01. The molecule has 3 nitrogen and oxygen atoms in total. The largest absolute Gasteiger partial charge is 0.348 e. The van der Waals surface area contributed by atoms with Gasteiger partial charge >= 0.3 is 0 Å². The van der Waals surface area contributed by atoms with Crippen LogP contribution in [-0.4, -0.2) is 24.6 Å². The van der Waals surface area contributed by atoms with Gasteiger partial charge in [-0.05, 0) is 25.8 Å². The zero-order valence-corrected chi connectivity index (χ0v) is 14.1. The van der Waals surface area contributed by atoms with E-state index < -0.39 is 0 Å². The molecule has 0 aliphatic carbocycles. The fraction of sp³-hybridized carbons (Fsp3) is 0.800. The van der Waals surface area contributed by atoms with Crippen LogP contribution in [0.2, 0.25) is 0 Å². The molecule has 1 aromatic heterocycles. The first-order valence-electron chi connectivity index (χ1n) is 7.43. The van der Waals surface area contributed by atoms with Crippen LogP contribution in [0.25, 0.3) is 0 Å².